The normalized spacial score (nSPS) is 12.3. The molecule has 0 aliphatic carbocycles. The maximum atomic E-state index is 12.5. The number of nitrogens with one attached hydrogen (secondary N) is 1. The predicted octanol–water partition coefficient (Wildman–Crippen LogP) is 4.13. The van der Waals surface area contributed by atoms with Crippen molar-refractivity contribution in [3.8, 4) is 0 Å². The number of halogens is 4. The molecule has 3 N–H and O–H groups in total. The highest BCUT2D eigenvalue weighted by Gasteiger charge is 2.30. The molecule has 9 heteroatoms. The van der Waals surface area contributed by atoms with Crippen LogP contribution in [0, 0.1) is 0 Å². The average Bonchev–Trinajstić information content (AvgIpc) is 2.56. The highest BCUT2D eigenvalue weighted by molar-refractivity contribution is 6.33. The maximum absolute atomic E-state index is 12.5. The van der Waals surface area contributed by atoms with E-state index < -0.39 is 29.7 Å². The minimum atomic E-state index is -4.47. The summed E-state index contributed by atoms with van der Waals surface area (Å²) in [6.07, 6.45) is -5.65. The molecule has 1 atom stereocenters. The van der Waals surface area contributed by atoms with E-state index in [1.165, 1.54) is 25.1 Å². The fourth-order valence-corrected chi connectivity index (χ4v) is 2.06. The van der Waals surface area contributed by atoms with E-state index in [1.807, 2.05) is 0 Å². The van der Waals surface area contributed by atoms with E-state index in [0.29, 0.717) is 0 Å². The number of ether oxygens (including phenoxy) is 1. The van der Waals surface area contributed by atoms with E-state index in [1.54, 1.807) is 0 Å². The Morgan fingerprint density at radius 1 is 1.15 bits per heavy atom. The topological polar surface area (TPSA) is 81.4 Å². The van der Waals surface area contributed by atoms with Crippen molar-refractivity contribution in [3.63, 3.8) is 0 Å². The third kappa shape index (κ3) is 4.89. The first-order valence-electron chi connectivity index (χ1n) is 7.32. The fourth-order valence-electron chi connectivity index (χ4n) is 1.94. The van der Waals surface area contributed by atoms with Crippen molar-refractivity contribution in [1.82, 2.24) is 0 Å². The number of nitrogen functional groups attached to an aromatic ring is 1. The van der Waals surface area contributed by atoms with E-state index in [2.05, 4.69) is 5.32 Å². The molecule has 138 valence electrons. The lowest BCUT2D eigenvalue weighted by molar-refractivity contribution is -0.137. The molecule has 1 amide bonds. The smallest absolute Gasteiger partial charge is 0.416 e. The van der Waals surface area contributed by atoms with Gasteiger partial charge in [-0.1, -0.05) is 11.6 Å². The Hall–Kier alpha value is -2.74. The molecule has 0 aliphatic heterocycles. The minimum Gasteiger partial charge on any atom is -0.449 e. The molecule has 2 rings (SSSR count). The van der Waals surface area contributed by atoms with Crippen LogP contribution in [0.25, 0.3) is 0 Å². The molecule has 0 heterocycles. The number of rotatable bonds is 4. The lowest BCUT2D eigenvalue weighted by Gasteiger charge is -2.14. The van der Waals surface area contributed by atoms with Crippen LogP contribution in [-0.2, 0) is 15.7 Å². The quantitative estimate of drug-likeness (QED) is 0.611. The van der Waals surface area contributed by atoms with Gasteiger partial charge in [-0.05, 0) is 49.4 Å². The third-order valence-corrected chi connectivity index (χ3v) is 3.71. The van der Waals surface area contributed by atoms with Crippen LogP contribution in [0.1, 0.15) is 22.8 Å². The monoisotopic (exact) mass is 386 g/mol. The summed E-state index contributed by atoms with van der Waals surface area (Å²) in [6, 6.07) is 8.00. The molecule has 0 bridgehead atoms. The maximum Gasteiger partial charge on any atom is 0.416 e. The molecule has 0 aromatic heterocycles. The van der Waals surface area contributed by atoms with Crippen molar-refractivity contribution in [2.24, 2.45) is 0 Å². The van der Waals surface area contributed by atoms with Crippen molar-refractivity contribution in [2.45, 2.75) is 19.2 Å². The van der Waals surface area contributed by atoms with Crippen LogP contribution in [0.2, 0.25) is 5.02 Å². The molecular weight excluding hydrogens is 373 g/mol. The zero-order chi connectivity index (χ0) is 19.5. The molecule has 0 spiro atoms. The minimum absolute atomic E-state index is 0.112. The van der Waals surface area contributed by atoms with Crippen molar-refractivity contribution in [1.29, 1.82) is 0 Å². The van der Waals surface area contributed by atoms with Gasteiger partial charge < -0.3 is 15.8 Å². The summed E-state index contributed by atoms with van der Waals surface area (Å²) in [5, 5.41) is 2.64. The summed E-state index contributed by atoms with van der Waals surface area (Å²) in [5.41, 5.74) is 5.19. The van der Waals surface area contributed by atoms with E-state index >= 15 is 0 Å². The van der Waals surface area contributed by atoms with Crippen LogP contribution in [0.5, 0.6) is 0 Å². The van der Waals surface area contributed by atoms with Gasteiger partial charge in [0.1, 0.15) is 0 Å². The molecule has 0 fully saturated rings. The van der Waals surface area contributed by atoms with Gasteiger partial charge in [0.25, 0.3) is 5.91 Å². The molecule has 0 aliphatic rings. The average molecular weight is 387 g/mol. The number of alkyl halides is 3. The van der Waals surface area contributed by atoms with Gasteiger partial charge in [0.05, 0.1) is 21.8 Å². The number of esters is 1. The van der Waals surface area contributed by atoms with Crippen molar-refractivity contribution >= 4 is 34.9 Å². The van der Waals surface area contributed by atoms with E-state index in [0.717, 1.165) is 24.3 Å². The van der Waals surface area contributed by atoms with Crippen molar-refractivity contribution in [3.05, 3.63) is 58.6 Å². The Morgan fingerprint density at radius 3 is 2.31 bits per heavy atom. The first-order chi connectivity index (χ1) is 12.1. The number of nitrogens with two attached hydrogens (primary N) is 1. The van der Waals surface area contributed by atoms with E-state index in [-0.39, 0.29) is 22.0 Å². The summed E-state index contributed by atoms with van der Waals surface area (Å²) in [5.74, 6) is -1.48. The fraction of sp³-hybridized carbons (Fsp3) is 0.176. The number of benzene rings is 2. The van der Waals surface area contributed by atoms with Crippen LogP contribution >= 0.6 is 11.6 Å². The summed E-state index contributed by atoms with van der Waals surface area (Å²) < 4.78 is 42.5. The second-order valence-corrected chi connectivity index (χ2v) is 5.76. The first-order valence-corrected chi connectivity index (χ1v) is 7.70. The lowest BCUT2D eigenvalue weighted by Crippen LogP contribution is -2.30. The highest BCUT2D eigenvalue weighted by atomic mass is 35.5. The summed E-state index contributed by atoms with van der Waals surface area (Å²) in [6.45, 7) is 1.33. The number of carbonyl (C=O) groups excluding carboxylic acids is 2. The molecular formula is C17H14ClF3N2O3. The molecule has 2 aromatic carbocycles. The number of hydrogen-bond donors (Lipinski definition) is 2. The summed E-state index contributed by atoms with van der Waals surface area (Å²) in [4.78, 5) is 24.0. The predicted molar refractivity (Wildman–Crippen MR) is 90.8 cm³/mol. The van der Waals surface area contributed by atoms with Gasteiger partial charge in [0, 0.05) is 5.69 Å². The molecule has 0 saturated carbocycles. The molecule has 26 heavy (non-hydrogen) atoms. The van der Waals surface area contributed by atoms with Crippen molar-refractivity contribution in [2.75, 3.05) is 11.1 Å². The van der Waals surface area contributed by atoms with E-state index in [9.17, 15) is 22.8 Å². The standard InChI is InChI=1S/C17H14ClF3N2O3/c1-9(26-16(25)10-2-7-13(18)14(22)8-10)15(24)23-12-5-3-11(4-6-12)17(19,20)21/h2-9H,22H2,1H3,(H,23,24)/t9-/m1/s1. The van der Waals surface area contributed by atoms with Crippen LogP contribution in [0.15, 0.2) is 42.5 Å². The highest BCUT2D eigenvalue weighted by Crippen LogP contribution is 2.29. The number of amides is 1. The number of hydrogen-bond acceptors (Lipinski definition) is 4. The second-order valence-electron chi connectivity index (χ2n) is 5.35. The SMILES string of the molecule is C[C@@H](OC(=O)c1ccc(Cl)c(N)c1)C(=O)Nc1ccc(C(F)(F)F)cc1. The lowest BCUT2D eigenvalue weighted by atomic mass is 10.2. The Bertz CT molecular complexity index is 823. The molecule has 0 saturated heterocycles. The Labute approximate surface area is 151 Å². The van der Waals surface area contributed by atoms with Gasteiger partial charge in [-0.2, -0.15) is 13.2 Å². The largest absolute Gasteiger partial charge is 0.449 e. The van der Waals surface area contributed by atoms with Crippen molar-refractivity contribution < 1.29 is 27.5 Å². The molecule has 0 unspecified atom stereocenters. The van der Waals surface area contributed by atoms with E-state index in [4.69, 9.17) is 22.1 Å². The zero-order valence-corrected chi connectivity index (χ0v) is 14.2. The molecule has 2 aromatic rings. The zero-order valence-electron chi connectivity index (χ0n) is 13.4. The Morgan fingerprint density at radius 2 is 1.77 bits per heavy atom. The van der Waals surface area contributed by atoms with Crippen LogP contribution in [0.3, 0.4) is 0 Å². The van der Waals surface area contributed by atoms with Gasteiger partial charge in [-0.3, -0.25) is 4.79 Å². The second kappa shape index (κ2) is 7.65. The molecule has 5 nitrogen and oxygen atoms in total. The molecule has 0 radical (unpaired) electrons. The van der Waals surface area contributed by atoms with Crippen LogP contribution in [0.4, 0.5) is 24.5 Å². The first kappa shape index (κ1) is 19.6. The number of carbonyl (C=O) groups is 2. The van der Waals surface area contributed by atoms with Gasteiger partial charge in [-0.25, -0.2) is 4.79 Å². The van der Waals surface area contributed by atoms with Gasteiger partial charge in [0.15, 0.2) is 6.10 Å². The Kier molecular flexibility index (Phi) is 5.76. The third-order valence-electron chi connectivity index (χ3n) is 3.36. The van der Waals surface area contributed by atoms with Crippen LogP contribution < -0.4 is 11.1 Å². The number of anilines is 2. The van der Waals surface area contributed by atoms with Gasteiger partial charge in [0.2, 0.25) is 0 Å². The summed E-state index contributed by atoms with van der Waals surface area (Å²) in [7, 11) is 0. The van der Waals surface area contributed by atoms with Gasteiger partial charge >= 0.3 is 12.1 Å². The van der Waals surface area contributed by atoms with Gasteiger partial charge in [-0.15, -0.1) is 0 Å². The Balaban J connectivity index is 1.98. The summed E-state index contributed by atoms with van der Waals surface area (Å²) >= 11 is 5.76. The van der Waals surface area contributed by atoms with Crippen LogP contribution in [-0.4, -0.2) is 18.0 Å².